The van der Waals surface area contributed by atoms with Crippen LogP contribution in [0.3, 0.4) is 0 Å². The van der Waals surface area contributed by atoms with E-state index >= 15 is 0 Å². The fourth-order valence-corrected chi connectivity index (χ4v) is 1.88. The van der Waals surface area contributed by atoms with Gasteiger partial charge < -0.3 is 15.8 Å². The minimum absolute atomic E-state index is 0.467. The van der Waals surface area contributed by atoms with Crippen LogP contribution in [-0.4, -0.2) is 23.6 Å². The Bertz CT molecular complexity index is 382. The number of hydrogen-bond donors (Lipinski definition) is 2. The minimum Gasteiger partial charge on any atom is -0.479 e. The fraction of sp³-hybridized carbons (Fsp3) is 0.714. The first-order chi connectivity index (χ1) is 9.22. The fourth-order valence-electron chi connectivity index (χ4n) is 1.88. The number of unbranched alkanes of at least 4 members (excludes halogenated alkanes) is 3. The van der Waals surface area contributed by atoms with E-state index in [1.165, 1.54) is 19.3 Å². The Morgan fingerprint density at radius 3 is 2.53 bits per heavy atom. The summed E-state index contributed by atoms with van der Waals surface area (Å²) in [5, 5.41) is 3.29. The molecular weight excluding hydrogens is 240 g/mol. The van der Waals surface area contributed by atoms with Gasteiger partial charge in [-0.2, -0.15) is 4.98 Å². The zero-order valence-corrected chi connectivity index (χ0v) is 12.3. The SMILES string of the molecule is CCCCCCNc1nc(CCC)nc(OC)c1N. The highest BCUT2D eigenvalue weighted by atomic mass is 16.5. The van der Waals surface area contributed by atoms with Gasteiger partial charge in [-0.25, -0.2) is 4.98 Å². The predicted molar refractivity (Wildman–Crippen MR) is 79.6 cm³/mol. The van der Waals surface area contributed by atoms with E-state index in [0.29, 0.717) is 17.4 Å². The molecule has 0 bridgehead atoms. The first kappa shape index (κ1) is 15.5. The molecule has 0 spiro atoms. The Morgan fingerprint density at radius 2 is 1.89 bits per heavy atom. The number of ether oxygens (including phenoxy) is 1. The summed E-state index contributed by atoms with van der Waals surface area (Å²) in [4.78, 5) is 8.76. The van der Waals surface area contributed by atoms with E-state index in [1.807, 2.05) is 0 Å². The lowest BCUT2D eigenvalue weighted by Crippen LogP contribution is -2.11. The van der Waals surface area contributed by atoms with Crippen LogP contribution in [0.25, 0.3) is 0 Å². The third-order valence-corrected chi connectivity index (χ3v) is 2.95. The number of aryl methyl sites for hydroxylation is 1. The zero-order valence-electron chi connectivity index (χ0n) is 12.3. The lowest BCUT2D eigenvalue weighted by molar-refractivity contribution is 0.397. The average Bonchev–Trinajstić information content (AvgIpc) is 2.41. The van der Waals surface area contributed by atoms with Gasteiger partial charge in [0.15, 0.2) is 5.82 Å². The van der Waals surface area contributed by atoms with Crippen LogP contribution in [0.5, 0.6) is 5.88 Å². The van der Waals surface area contributed by atoms with Gasteiger partial charge in [-0.15, -0.1) is 0 Å². The van der Waals surface area contributed by atoms with E-state index in [0.717, 1.165) is 31.6 Å². The Labute approximate surface area is 116 Å². The maximum atomic E-state index is 5.99. The number of nitrogen functional groups attached to an aromatic ring is 1. The number of methoxy groups -OCH3 is 1. The third kappa shape index (κ3) is 4.93. The molecule has 5 heteroatoms. The molecule has 0 saturated carbocycles. The molecule has 0 fully saturated rings. The second-order valence-corrected chi connectivity index (χ2v) is 4.65. The molecule has 0 aliphatic carbocycles. The first-order valence-corrected chi connectivity index (χ1v) is 7.17. The normalized spacial score (nSPS) is 10.5. The summed E-state index contributed by atoms with van der Waals surface area (Å²) in [6.45, 7) is 5.19. The molecule has 1 heterocycles. The van der Waals surface area contributed by atoms with Gasteiger partial charge in [-0.1, -0.05) is 33.1 Å². The van der Waals surface area contributed by atoms with Gasteiger partial charge in [-0.05, 0) is 12.8 Å². The highest BCUT2D eigenvalue weighted by Crippen LogP contribution is 2.26. The summed E-state index contributed by atoms with van der Waals surface area (Å²) in [7, 11) is 1.58. The van der Waals surface area contributed by atoms with Gasteiger partial charge in [0, 0.05) is 13.0 Å². The Morgan fingerprint density at radius 1 is 1.11 bits per heavy atom. The molecule has 1 rings (SSSR count). The van der Waals surface area contributed by atoms with Crippen molar-refractivity contribution in [2.45, 2.75) is 52.4 Å². The number of nitrogens with two attached hydrogens (primary N) is 1. The van der Waals surface area contributed by atoms with Crippen LogP contribution in [0.4, 0.5) is 11.5 Å². The number of nitrogens with zero attached hydrogens (tertiary/aromatic N) is 2. The first-order valence-electron chi connectivity index (χ1n) is 7.17. The molecule has 1 aromatic heterocycles. The second kappa shape index (κ2) is 8.56. The van der Waals surface area contributed by atoms with E-state index in [-0.39, 0.29) is 0 Å². The van der Waals surface area contributed by atoms with Crippen LogP contribution < -0.4 is 15.8 Å². The number of rotatable bonds is 9. The van der Waals surface area contributed by atoms with Gasteiger partial charge >= 0.3 is 0 Å². The molecule has 0 unspecified atom stereocenters. The van der Waals surface area contributed by atoms with Crippen molar-refractivity contribution >= 4 is 11.5 Å². The molecule has 0 amide bonds. The van der Waals surface area contributed by atoms with Crippen molar-refractivity contribution in [2.75, 3.05) is 24.7 Å². The molecule has 1 aromatic rings. The van der Waals surface area contributed by atoms with Gasteiger partial charge in [0.2, 0.25) is 5.88 Å². The van der Waals surface area contributed by atoms with Gasteiger partial charge in [0.25, 0.3) is 0 Å². The predicted octanol–water partition coefficient (Wildman–Crippen LogP) is 3.01. The summed E-state index contributed by atoms with van der Waals surface area (Å²) >= 11 is 0. The van der Waals surface area contributed by atoms with Crippen molar-refractivity contribution in [2.24, 2.45) is 0 Å². The molecule has 19 heavy (non-hydrogen) atoms. The van der Waals surface area contributed by atoms with E-state index in [9.17, 15) is 0 Å². The van der Waals surface area contributed by atoms with Crippen molar-refractivity contribution in [3.8, 4) is 5.88 Å². The maximum Gasteiger partial charge on any atom is 0.242 e. The number of nitrogens with one attached hydrogen (secondary N) is 1. The van der Waals surface area contributed by atoms with Crippen LogP contribution in [0.15, 0.2) is 0 Å². The van der Waals surface area contributed by atoms with E-state index < -0.39 is 0 Å². The highest BCUT2D eigenvalue weighted by Gasteiger charge is 2.11. The summed E-state index contributed by atoms with van der Waals surface area (Å²) in [6, 6.07) is 0. The Hall–Kier alpha value is -1.52. The summed E-state index contributed by atoms with van der Waals surface area (Å²) in [6.07, 6.45) is 6.70. The minimum atomic E-state index is 0.467. The topological polar surface area (TPSA) is 73.1 Å². The smallest absolute Gasteiger partial charge is 0.242 e. The molecule has 0 aromatic carbocycles. The van der Waals surface area contributed by atoms with Crippen molar-refractivity contribution in [3.63, 3.8) is 0 Å². The Kier molecular flexibility index (Phi) is 7.00. The standard InChI is InChI=1S/C14H26N4O/c1-4-6-7-8-10-16-13-12(15)14(19-3)18-11(17-13)9-5-2/h4-10,15H2,1-3H3,(H,16,17,18). The Balaban J connectivity index is 2.66. The number of anilines is 2. The average molecular weight is 266 g/mol. The summed E-state index contributed by atoms with van der Waals surface area (Å²) < 4.78 is 5.20. The number of hydrogen-bond acceptors (Lipinski definition) is 5. The molecule has 0 aliphatic heterocycles. The molecule has 108 valence electrons. The molecule has 0 saturated heterocycles. The molecule has 3 N–H and O–H groups in total. The zero-order chi connectivity index (χ0) is 14.1. The van der Waals surface area contributed by atoms with Crippen LogP contribution in [0.1, 0.15) is 51.8 Å². The molecule has 5 nitrogen and oxygen atoms in total. The van der Waals surface area contributed by atoms with Crippen LogP contribution in [0, 0.1) is 0 Å². The van der Waals surface area contributed by atoms with Crippen LogP contribution in [-0.2, 0) is 6.42 Å². The van der Waals surface area contributed by atoms with Crippen LogP contribution in [0.2, 0.25) is 0 Å². The van der Waals surface area contributed by atoms with Gasteiger partial charge in [0.1, 0.15) is 11.5 Å². The maximum absolute atomic E-state index is 5.99. The molecule has 0 atom stereocenters. The molecule has 0 radical (unpaired) electrons. The molecular formula is C14H26N4O. The largest absolute Gasteiger partial charge is 0.479 e. The lowest BCUT2D eigenvalue weighted by atomic mass is 10.2. The van der Waals surface area contributed by atoms with E-state index in [2.05, 4.69) is 29.1 Å². The quantitative estimate of drug-likeness (QED) is 0.672. The van der Waals surface area contributed by atoms with Gasteiger partial charge in [-0.3, -0.25) is 0 Å². The van der Waals surface area contributed by atoms with Gasteiger partial charge in [0.05, 0.1) is 7.11 Å². The third-order valence-electron chi connectivity index (χ3n) is 2.95. The lowest BCUT2D eigenvalue weighted by Gasteiger charge is -2.12. The van der Waals surface area contributed by atoms with E-state index in [1.54, 1.807) is 7.11 Å². The summed E-state index contributed by atoms with van der Waals surface area (Å²) in [5.41, 5.74) is 6.49. The second-order valence-electron chi connectivity index (χ2n) is 4.65. The van der Waals surface area contributed by atoms with Crippen molar-refractivity contribution < 1.29 is 4.74 Å². The highest BCUT2D eigenvalue weighted by molar-refractivity contribution is 5.66. The van der Waals surface area contributed by atoms with Crippen LogP contribution >= 0.6 is 0 Å². The van der Waals surface area contributed by atoms with E-state index in [4.69, 9.17) is 10.5 Å². The van der Waals surface area contributed by atoms with Crippen molar-refractivity contribution in [1.29, 1.82) is 0 Å². The summed E-state index contributed by atoms with van der Waals surface area (Å²) in [5.74, 6) is 1.95. The molecule has 0 aliphatic rings. The monoisotopic (exact) mass is 266 g/mol. The van der Waals surface area contributed by atoms with Crippen molar-refractivity contribution in [3.05, 3.63) is 5.82 Å². The number of aromatic nitrogens is 2. The van der Waals surface area contributed by atoms with Crippen molar-refractivity contribution in [1.82, 2.24) is 9.97 Å².